The molecule has 0 aromatic heterocycles. The number of rotatable bonds is 5. The minimum atomic E-state index is 0.187. The number of benzene rings is 1. The van der Waals surface area contributed by atoms with Gasteiger partial charge >= 0.3 is 0 Å². The van der Waals surface area contributed by atoms with Crippen molar-refractivity contribution in [1.82, 2.24) is 0 Å². The van der Waals surface area contributed by atoms with Crippen LogP contribution in [0.25, 0.3) is 0 Å². The summed E-state index contributed by atoms with van der Waals surface area (Å²) >= 11 is 7.72. The minimum absolute atomic E-state index is 0.187. The molecule has 0 fully saturated rings. The predicted molar refractivity (Wildman–Crippen MR) is 68.9 cm³/mol. The van der Waals surface area contributed by atoms with E-state index in [1.54, 1.807) is 18.9 Å². The lowest BCUT2D eigenvalue weighted by Crippen LogP contribution is -1.97. The molecule has 1 aromatic rings. The molecule has 4 heteroatoms. The predicted octanol–water partition coefficient (Wildman–Crippen LogP) is 3.76. The molecule has 0 aliphatic carbocycles. The van der Waals surface area contributed by atoms with Crippen molar-refractivity contribution >= 4 is 29.6 Å². The largest absolute Gasteiger partial charge is 0.494 e. The molecule has 16 heavy (non-hydrogen) atoms. The van der Waals surface area contributed by atoms with Crippen molar-refractivity contribution < 1.29 is 9.53 Å². The van der Waals surface area contributed by atoms with Gasteiger partial charge in [0.25, 0.3) is 0 Å². The highest BCUT2D eigenvalue weighted by Crippen LogP contribution is 2.37. The number of halogens is 1. The summed E-state index contributed by atoms with van der Waals surface area (Å²) in [7, 11) is 1.61. The van der Waals surface area contributed by atoms with Crippen LogP contribution in [-0.2, 0) is 4.79 Å². The van der Waals surface area contributed by atoms with Crippen molar-refractivity contribution in [3.63, 3.8) is 0 Å². The van der Waals surface area contributed by atoms with Crippen LogP contribution in [0.2, 0.25) is 5.02 Å². The van der Waals surface area contributed by atoms with E-state index in [2.05, 4.69) is 0 Å². The van der Waals surface area contributed by atoms with E-state index >= 15 is 0 Å². The van der Waals surface area contributed by atoms with Gasteiger partial charge in [-0.25, -0.2) is 0 Å². The quantitative estimate of drug-likeness (QED) is 0.594. The van der Waals surface area contributed by atoms with Crippen LogP contribution in [-0.4, -0.2) is 19.7 Å². The molecule has 1 rings (SSSR count). The Bertz CT molecular complexity index is 380. The van der Waals surface area contributed by atoms with Crippen molar-refractivity contribution in [2.75, 3.05) is 13.4 Å². The molecule has 0 N–H and O–H groups in total. The fourth-order valence-corrected chi connectivity index (χ4v) is 2.50. The number of thioether (sulfide) groups is 1. The molecule has 0 amide bonds. The summed E-state index contributed by atoms with van der Waals surface area (Å²) in [5, 5.41) is 0.599. The van der Waals surface area contributed by atoms with Crippen LogP contribution in [0.1, 0.15) is 24.8 Å². The number of carbonyl (C=O) groups excluding carboxylic acids is 1. The highest BCUT2D eigenvalue weighted by Gasteiger charge is 2.13. The van der Waals surface area contributed by atoms with Crippen molar-refractivity contribution in [1.29, 1.82) is 0 Å². The molecule has 0 spiro atoms. The van der Waals surface area contributed by atoms with Gasteiger partial charge < -0.3 is 9.53 Å². The van der Waals surface area contributed by atoms with E-state index in [1.165, 1.54) is 0 Å². The Morgan fingerprint density at radius 1 is 1.56 bits per heavy atom. The zero-order chi connectivity index (χ0) is 12.1. The van der Waals surface area contributed by atoms with E-state index in [4.69, 9.17) is 16.3 Å². The van der Waals surface area contributed by atoms with Gasteiger partial charge in [0.2, 0.25) is 0 Å². The third-order valence-corrected chi connectivity index (χ3v) is 3.50. The van der Waals surface area contributed by atoms with Gasteiger partial charge in [-0.05, 0) is 29.9 Å². The molecule has 0 aliphatic heterocycles. The fraction of sp³-hybridized carbons (Fsp3) is 0.417. The fourth-order valence-electron chi connectivity index (χ4n) is 1.50. The second-order valence-corrected chi connectivity index (χ2v) is 4.80. The van der Waals surface area contributed by atoms with E-state index in [0.29, 0.717) is 17.2 Å². The molecule has 1 aromatic carbocycles. The van der Waals surface area contributed by atoms with Crippen molar-refractivity contribution in [3.8, 4) is 5.75 Å². The van der Waals surface area contributed by atoms with Crippen LogP contribution in [0.5, 0.6) is 5.75 Å². The van der Waals surface area contributed by atoms with Crippen LogP contribution < -0.4 is 4.74 Å². The van der Waals surface area contributed by atoms with Crippen molar-refractivity contribution in [2.24, 2.45) is 0 Å². The molecule has 0 saturated heterocycles. The van der Waals surface area contributed by atoms with Crippen LogP contribution in [0.3, 0.4) is 0 Å². The average molecular weight is 259 g/mol. The normalized spacial score (nSPS) is 12.2. The van der Waals surface area contributed by atoms with Gasteiger partial charge in [0.15, 0.2) is 5.75 Å². The summed E-state index contributed by atoms with van der Waals surface area (Å²) in [5.41, 5.74) is 1.07. The number of hydrogen-bond donors (Lipinski definition) is 0. The van der Waals surface area contributed by atoms with Crippen molar-refractivity contribution in [2.45, 2.75) is 24.2 Å². The Morgan fingerprint density at radius 3 is 2.75 bits per heavy atom. The zero-order valence-electron chi connectivity index (χ0n) is 9.62. The monoisotopic (exact) mass is 258 g/mol. The topological polar surface area (TPSA) is 26.3 Å². The number of aldehydes is 1. The van der Waals surface area contributed by atoms with Gasteiger partial charge in [0.1, 0.15) is 6.29 Å². The summed E-state index contributed by atoms with van der Waals surface area (Å²) < 4.78 is 5.24. The van der Waals surface area contributed by atoms with E-state index < -0.39 is 0 Å². The molecule has 88 valence electrons. The highest BCUT2D eigenvalue weighted by molar-refractivity contribution is 7.98. The van der Waals surface area contributed by atoms with Crippen molar-refractivity contribution in [3.05, 3.63) is 22.7 Å². The lowest BCUT2D eigenvalue weighted by atomic mass is 9.98. The smallest absolute Gasteiger partial charge is 0.150 e. The summed E-state index contributed by atoms with van der Waals surface area (Å²) in [6.45, 7) is 2.01. The SMILES string of the molecule is COc1c(Cl)cc(C(C)CC=O)cc1SC. The van der Waals surface area contributed by atoms with E-state index in [0.717, 1.165) is 16.7 Å². The second-order valence-electron chi connectivity index (χ2n) is 3.54. The van der Waals surface area contributed by atoms with Gasteiger partial charge in [-0.1, -0.05) is 18.5 Å². The molecule has 0 aliphatic rings. The molecule has 0 bridgehead atoms. The third kappa shape index (κ3) is 2.92. The molecule has 2 nitrogen and oxygen atoms in total. The van der Waals surface area contributed by atoms with Gasteiger partial charge in [-0.2, -0.15) is 0 Å². The maximum absolute atomic E-state index is 10.5. The molecular weight excluding hydrogens is 244 g/mol. The summed E-state index contributed by atoms with van der Waals surface area (Å²) in [5.74, 6) is 0.892. The van der Waals surface area contributed by atoms with Gasteiger partial charge in [-0.15, -0.1) is 11.8 Å². The molecule has 1 unspecified atom stereocenters. The molecule has 1 atom stereocenters. The first-order valence-electron chi connectivity index (χ1n) is 4.99. The first-order chi connectivity index (χ1) is 7.63. The standard InChI is InChI=1S/C12H15ClO2S/c1-8(4-5-14)9-6-10(13)12(15-2)11(7-9)16-3/h5-8H,4H2,1-3H3. The Labute approximate surface area is 105 Å². The van der Waals surface area contributed by atoms with E-state index in [1.807, 2.05) is 25.3 Å². The molecule has 0 heterocycles. The Morgan fingerprint density at radius 2 is 2.25 bits per heavy atom. The molecular formula is C12H15ClO2S. The Hall–Kier alpha value is -0.670. The summed E-state index contributed by atoms with van der Waals surface area (Å²) in [6.07, 6.45) is 3.42. The first-order valence-corrected chi connectivity index (χ1v) is 6.59. The summed E-state index contributed by atoms with van der Waals surface area (Å²) in [4.78, 5) is 11.5. The zero-order valence-corrected chi connectivity index (χ0v) is 11.2. The van der Waals surface area contributed by atoms with Gasteiger partial charge in [0, 0.05) is 6.42 Å². The molecule has 0 saturated carbocycles. The maximum Gasteiger partial charge on any atom is 0.150 e. The van der Waals surface area contributed by atoms with Crippen LogP contribution in [0.4, 0.5) is 0 Å². The molecule has 0 radical (unpaired) electrons. The third-order valence-electron chi connectivity index (χ3n) is 2.47. The number of methoxy groups -OCH3 is 1. The Kier molecular flexibility index (Phi) is 5.16. The van der Waals surface area contributed by atoms with Crippen LogP contribution in [0, 0.1) is 0 Å². The number of ether oxygens (including phenoxy) is 1. The van der Waals surface area contributed by atoms with Gasteiger partial charge in [0.05, 0.1) is 17.0 Å². The van der Waals surface area contributed by atoms with Crippen LogP contribution >= 0.6 is 23.4 Å². The second kappa shape index (κ2) is 6.16. The number of carbonyl (C=O) groups is 1. The summed E-state index contributed by atoms with van der Waals surface area (Å²) in [6, 6.07) is 3.90. The van der Waals surface area contributed by atoms with Gasteiger partial charge in [-0.3, -0.25) is 0 Å². The maximum atomic E-state index is 10.5. The number of hydrogen-bond acceptors (Lipinski definition) is 3. The Balaban J connectivity index is 3.14. The first kappa shape index (κ1) is 13.4. The minimum Gasteiger partial charge on any atom is -0.494 e. The van der Waals surface area contributed by atoms with E-state index in [-0.39, 0.29) is 5.92 Å². The lowest BCUT2D eigenvalue weighted by molar-refractivity contribution is -0.108. The highest BCUT2D eigenvalue weighted by atomic mass is 35.5. The average Bonchev–Trinajstić information content (AvgIpc) is 2.28. The van der Waals surface area contributed by atoms with E-state index in [9.17, 15) is 4.79 Å². The van der Waals surface area contributed by atoms with Crippen LogP contribution in [0.15, 0.2) is 17.0 Å². The lowest BCUT2D eigenvalue weighted by Gasteiger charge is -2.14.